The third-order valence-electron chi connectivity index (χ3n) is 3.52. The Balaban J connectivity index is 2.06. The second-order valence-electron chi connectivity index (χ2n) is 4.99. The summed E-state index contributed by atoms with van der Waals surface area (Å²) >= 11 is 5.22. The van der Waals surface area contributed by atoms with Crippen LogP contribution in [0.5, 0.6) is 0 Å². The Morgan fingerprint density at radius 2 is 2.09 bits per heavy atom. The monoisotopic (exact) mass is 367 g/mol. The lowest BCUT2D eigenvalue weighted by atomic mass is 9.93. The summed E-state index contributed by atoms with van der Waals surface area (Å²) < 4.78 is 37.2. The highest BCUT2D eigenvalue weighted by Gasteiger charge is 2.48. The number of aliphatic hydroxyl groups is 1. The van der Waals surface area contributed by atoms with Gasteiger partial charge in [0, 0.05) is 20.2 Å². The van der Waals surface area contributed by atoms with E-state index in [0.29, 0.717) is 26.3 Å². The van der Waals surface area contributed by atoms with Gasteiger partial charge >= 0.3 is 7.82 Å². The maximum absolute atomic E-state index is 11.7. The van der Waals surface area contributed by atoms with E-state index in [2.05, 4.69) is 4.52 Å². The van der Waals surface area contributed by atoms with Crippen LogP contribution in [0.15, 0.2) is 0 Å². The van der Waals surface area contributed by atoms with Gasteiger partial charge < -0.3 is 29.1 Å². The fourth-order valence-corrected chi connectivity index (χ4v) is 3.24. The van der Waals surface area contributed by atoms with Crippen LogP contribution in [0.2, 0.25) is 0 Å². The molecular formula is C11H19BNO8PS. The van der Waals surface area contributed by atoms with E-state index in [1.807, 2.05) is 0 Å². The predicted molar refractivity (Wildman–Crippen MR) is 83.1 cm³/mol. The molecule has 2 fully saturated rings. The molecule has 0 aromatic heterocycles. The Morgan fingerprint density at radius 1 is 1.43 bits per heavy atom. The van der Waals surface area contributed by atoms with E-state index < -0.39 is 38.7 Å². The van der Waals surface area contributed by atoms with Crippen molar-refractivity contribution in [2.45, 2.75) is 24.3 Å². The third kappa shape index (κ3) is 4.86. The number of morpholine rings is 1. The van der Waals surface area contributed by atoms with Crippen molar-refractivity contribution < 1.29 is 37.8 Å². The molecular weight excluding hydrogens is 348 g/mol. The van der Waals surface area contributed by atoms with Crippen LogP contribution < -0.4 is 0 Å². The number of ether oxygens (including phenoxy) is 3. The molecule has 2 aliphatic rings. The average molecular weight is 367 g/mol. The van der Waals surface area contributed by atoms with Crippen LogP contribution in [0.1, 0.15) is 0 Å². The van der Waals surface area contributed by atoms with Gasteiger partial charge in [0.05, 0.1) is 25.8 Å². The Kier molecular flexibility index (Phi) is 6.82. The largest absolute Gasteiger partial charge is 0.472 e. The minimum Gasteiger partial charge on any atom is -0.463 e. The number of phosphoric acid groups is 1. The maximum Gasteiger partial charge on any atom is 0.472 e. The third-order valence-corrected chi connectivity index (χ3v) is 4.84. The summed E-state index contributed by atoms with van der Waals surface area (Å²) in [6.07, 6.45) is -3.00. The van der Waals surface area contributed by atoms with E-state index in [1.165, 1.54) is 0 Å². The average Bonchev–Trinajstić information content (AvgIpc) is 2.83. The summed E-state index contributed by atoms with van der Waals surface area (Å²) in [7, 11) is 2.53. The van der Waals surface area contributed by atoms with E-state index in [-0.39, 0.29) is 5.17 Å². The molecule has 2 heterocycles. The number of thiocarbonyl (C=S) groups is 1. The fraction of sp³-hybridized carbons (Fsp3) is 0.909. The summed E-state index contributed by atoms with van der Waals surface area (Å²) in [5, 5.41) is 9.50. The van der Waals surface area contributed by atoms with Gasteiger partial charge in [0.2, 0.25) is 0 Å². The van der Waals surface area contributed by atoms with Crippen LogP contribution >= 0.6 is 20.0 Å². The molecule has 2 N–H and O–H groups in total. The van der Waals surface area contributed by atoms with Crippen LogP contribution in [-0.4, -0.2) is 92.3 Å². The SMILES string of the molecule is [B][C@@H]1O[C@H](CO)C(OP(=O)(O)OC)[C@@H]1OC(=S)N1CCOCC1. The van der Waals surface area contributed by atoms with E-state index in [4.69, 9.17) is 38.8 Å². The van der Waals surface area contributed by atoms with Crippen molar-refractivity contribution in [3.8, 4) is 0 Å². The van der Waals surface area contributed by atoms with Gasteiger partial charge in [-0.1, -0.05) is 0 Å². The summed E-state index contributed by atoms with van der Waals surface area (Å²) in [6.45, 7) is 1.70. The Bertz CT molecular complexity index is 465. The lowest BCUT2D eigenvalue weighted by Gasteiger charge is -2.32. The summed E-state index contributed by atoms with van der Waals surface area (Å²) in [6, 6.07) is -0.979. The molecule has 0 spiro atoms. The van der Waals surface area contributed by atoms with E-state index in [9.17, 15) is 14.6 Å². The lowest BCUT2D eigenvalue weighted by molar-refractivity contribution is -0.0117. The zero-order valence-electron chi connectivity index (χ0n) is 12.6. The first-order valence-electron chi connectivity index (χ1n) is 7.00. The first-order chi connectivity index (χ1) is 10.9. The van der Waals surface area contributed by atoms with Gasteiger partial charge in [0.1, 0.15) is 26.2 Å². The van der Waals surface area contributed by atoms with Crippen molar-refractivity contribution >= 4 is 33.1 Å². The second kappa shape index (κ2) is 8.22. The molecule has 2 unspecified atom stereocenters. The van der Waals surface area contributed by atoms with Crippen LogP contribution in [0.3, 0.4) is 0 Å². The van der Waals surface area contributed by atoms with Gasteiger partial charge in [0.25, 0.3) is 5.17 Å². The number of aliphatic hydroxyl groups excluding tert-OH is 1. The molecule has 2 radical (unpaired) electrons. The van der Waals surface area contributed by atoms with Crippen LogP contribution in [0.4, 0.5) is 0 Å². The topological polar surface area (TPSA) is 107 Å². The molecule has 9 nitrogen and oxygen atoms in total. The first-order valence-corrected chi connectivity index (χ1v) is 8.90. The minimum atomic E-state index is -4.32. The molecule has 130 valence electrons. The fourth-order valence-electron chi connectivity index (χ4n) is 2.30. The molecule has 0 amide bonds. The van der Waals surface area contributed by atoms with E-state index >= 15 is 0 Å². The van der Waals surface area contributed by atoms with Crippen molar-refractivity contribution in [2.75, 3.05) is 40.0 Å². The van der Waals surface area contributed by atoms with Gasteiger partial charge in [-0.05, 0) is 12.2 Å². The molecule has 5 atom stereocenters. The summed E-state index contributed by atoms with van der Waals surface area (Å²) in [5.74, 6) is 0. The normalized spacial score (nSPS) is 34.1. The molecule has 12 heteroatoms. The highest BCUT2D eigenvalue weighted by molar-refractivity contribution is 7.80. The number of hydrogen-bond donors (Lipinski definition) is 2. The van der Waals surface area contributed by atoms with Crippen molar-refractivity contribution in [1.29, 1.82) is 0 Å². The van der Waals surface area contributed by atoms with Crippen LogP contribution in [-0.2, 0) is 27.8 Å². The number of phosphoric ester groups is 1. The molecule has 0 aromatic rings. The number of hydrogen-bond acceptors (Lipinski definition) is 8. The van der Waals surface area contributed by atoms with Crippen molar-refractivity contribution in [2.24, 2.45) is 0 Å². The van der Waals surface area contributed by atoms with Crippen molar-refractivity contribution in [3.63, 3.8) is 0 Å². The zero-order chi connectivity index (χ0) is 17.0. The summed E-state index contributed by atoms with van der Waals surface area (Å²) in [4.78, 5) is 11.3. The number of rotatable bonds is 5. The predicted octanol–water partition coefficient (Wildman–Crippen LogP) is -0.994. The highest BCUT2D eigenvalue weighted by Crippen LogP contribution is 2.46. The highest BCUT2D eigenvalue weighted by atomic mass is 32.1. The smallest absolute Gasteiger partial charge is 0.463 e. The molecule has 0 bridgehead atoms. The van der Waals surface area contributed by atoms with Crippen LogP contribution in [0, 0.1) is 0 Å². The molecule has 23 heavy (non-hydrogen) atoms. The standard InChI is InChI=1S/C11H19BNO8PS/c1-17-22(15,16)21-8-7(6-14)19-10(12)9(8)20-11(23)13-2-4-18-5-3-13/h7-10,14H,2-6H2,1H3,(H,15,16)/t7-,8?,9+,10-/m1/s1. The molecule has 2 saturated heterocycles. The Morgan fingerprint density at radius 3 is 2.65 bits per heavy atom. The Hall–Kier alpha value is -0.255. The lowest BCUT2D eigenvalue weighted by Crippen LogP contribution is -2.46. The Labute approximate surface area is 140 Å². The minimum absolute atomic E-state index is 0.162. The second-order valence-corrected chi connectivity index (χ2v) is 6.85. The first kappa shape index (κ1) is 19.1. The van der Waals surface area contributed by atoms with Gasteiger partial charge in [0.15, 0.2) is 0 Å². The van der Waals surface area contributed by atoms with E-state index in [1.54, 1.807) is 4.90 Å². The molecule has 2 aliphatic heterocycles. The van der Waals surface area contributed by atoms with Gasteiger partial charge in [-0.2, -0.15) is 0 Å². The zero-order valence-corrected chi connectivity index (χ0v) is 14.3. The quantitative estimate of drug-likeness (QED) is 0.357. The molecule has 0 aromatic carbocycles. The van der Waals surface area contributed by atoms with Crippen LogP contribution in [0.25, 0.3) is 0 Å². The van der Waals surface area contributed by atoms with E-state index in [0.717, 1.165) is 7.11 Å². The molecule has 2 rings (SSSR count). The molecule has 0 aliphatic carbocycles. The van der Waals surface area contributed by atoms with Crippen molar-refractivity contribution in [3.05, 3.63) is 0 Å². The van der Waals surface area contributed by atoms with Gasteiger partial charge in [-0.15, -0.1) is 0 Å². The number of nitrogens with zero attached hydrogens (tertiary/aromatic N) is 1. The maximum atomic E-state index is 11.7. The van der Waals surface area contributed by atoms with Gasteiger partial charge in [-0.25, -0.2) is 4.57 Å². The molecule has 0 saturated carbocycles. The summed E-state index contributed by atoms with van der Waals surface area (Å²) in [5.41, 5.74) is 0. The van der Waals surface area contributed by atoms with Crippen molar-refractivity contribution in [1.82, 2.24) is 4.90 Å². The van der Waals surface area contributed by atoms with Gasteiger partial charge in [-0.3, -0.25) is 9.05 Å².